The standard InChI is InChI=1S/C13H16N4O2/c18-13(19)12-7-15-3-4-17(12)8-10-5-9-6-14-2-1-11(9)16-10/h1-2,5-6,12,15-16H,3-4,7-8H2,(H,18,19). The first-order valence-corrected chi connectivity index (χ1v) is 6.33. The van der Waals surface area contributed by atoms with E-state index in [1.54, 1.807) is 6.20 Å². The lowest BCUT2D eigenvalue weighted by Gasteiger charge is -2.32. The van der Waals surface area contributed by atoms with E-state index in [4.69, 9.17) is 0 Å². The van der Waals surface area contributed by atoms with Gasteiger partial charge in [0, 0.05) is 55.2 Å². The van der Waals surface area contributed by atoms with Crippen LogP contribution in [0.5, 0.6) is 0 Å². The van der Waals surface area contributed by atoms with Crippen LogP contribution in [-0.2, 0) is 11.3 Å². The minimum Gasteiger partial charge on any atom is -0.480 e. The zero-order valence-electron chi connectivity index (χ0n) is 10.5. The normalized spacial score (nSPS) is 20.7. The number of hydrogen-bond acceptors (Lipinski definition) is 4. The van der Waals surface area contributed by atoms with Crippen molar-refractivity contribution in [3.05, 3.63) is 30.2 Å². The number of aromatic nitrogens is 2. The predicted molar refractivity (Wildman–Crippen MR) is 70.8 cm³/mol. The highest BCUT2D eigenvalue weighted by atomic mass is 16.4. The van der Waals surface area contributed by atoms with E-state index < -0.39 is 12.0 Å². The van der Waals surface area contributed by atoms with Crippen LogP contribution >= 0.6 is 0 Å². The lowest BCUT2D eigenvalue weighted by Crippen LogP contribution is -2.54. The molecule has 0 aromatic carbocycles. The van der Waals surface area contributed by atoms with Crippen LogP contribution in [0.25, 0.3) is 10.9 Å². The fourth-order valence-corrected chi connectivity index (χ4v) is 2.52. The summed E-state index contributed by atoms with van der Waals surface area (Å²) in [6.45, 7) is 2.68. The van der Waals surface area contributed by atoms with Crippen molar-refractivity contribution in [3.8, 4) is 0 Å². The van der Waals surface area contributed by atoms with E-state index in [1.165, 1.54) is 0 Å². The molecule has 6 heteroatoms. The molecule has 100 valence electrons. The Hall–Kier alpha value is -1.92. The molecule has 6 nitrogen and oxygen atoms in total. The van der Waals surface area contributed by atoms with E-state index in [2.05, 4.69) is 15.3 Å². The summed E-state index contributed by atoms with van der Waals surface area (Å²) in [5.74, 6) is -0.773. The molecule has 1 unspecified atom stereocenters. The zero-order chi connectivity index (χ0) is 13.2. The Balaban J connectivity index is 1.80. The van der Waals surface area contributed by atoms with E-state index in [-0.39, 0.29) is 0 Å². The second kappa shape index (κ2) is 4.99. The van der Waals surface area contributed by atoms with Gasteiger partial charge in [-0.3, -0.25) is 14.7 Å². The maximum Gasteiger partial charge on any atom is 0.322 e. The summed E-state index contributed by atoms with van der Waals surface area (Å²) in [5, 5.41) is 13.4. The molecule has 3 heterocycles. The number of rotatable bonds is 3. The molecule has 19 heavy (non-hydrogen) atoms. The average Bonchev–Trinajstić information content (AvgIpc) is 2.81. The van der Waals surface area contributed by atoms with Gasteiger partial charge in [0.15, 0.2) is 0 Å². The van der Waals surface area contributed by atoms with Crippen molar-refractivity contribution in [1.82, 2.24) is 20.2 Å². The third-order valence-electron chi connectivity index (χ3n) is 3.49. The Labute approximate surface area is 110 Å². The highest BCUT2D eigenvalue weighted by molar-refractivity contribution is 5.79. The maximum absolute atomic E-state index is 11.2. The number of nitrogens with one attached hydrogen (secondary N) is 2. The van der Waals surface area contributed by atoms with E-state index >= 15 is 0 Å². The average molecular weight is 260 g/mol. The molecular formula is C13H16N4O2. The van der Waals surface area contributed by atoms with Crippen molar-refractivity contribution in [2.75, 3.05) is 19.6 Å². The SMILES string of the molecule is O=C(O)C1CNCCN1Cc1cc2cnccc2[nH]1. The van der Waals surface area contributed by atoms with Crippen LogP contribution < -0.4 is 5.32 Å². The lowest BCUT2D eigenvalue weighted by atomic mass is 10.2. The van der Waals surface area contributed by atoms with Gasteiger partial charge in [0.05, 0.1) is 0 Å². The molecular weight excluding hydrogens is 244 g/mol. The first kappa shape index (κ1) is 12.1. The number of carboxylic acids is 1. The first-order chi connectivity index (χ1) is 9.24. The van der Waals surface area contributed by atoms with E-state index in [1.807, 2.05) is 23.2 Å². The summed E-state index contributed by atoms with van der Waals surface area (Å²) < 4.78 is 0. The Morgan fingerprint density at radius 3 is 3.26 bits per heavy atom. The maximum atomic E-state index is 11.2. The fourth-order valence-electron chi connectivity index (χ4n) is 2.52. The van der Waals surface area contributed by atoms with Crippen LogP contribution in [0.3, 0.4) is 0 Å². The van der Waals surface area contributed by atoms with Gasteiger partial charge in [0.2, 0.25) is 0 Å². The predicted octanol–water partition coefficient (Wildman–Crippen LogP) is 0.421. The smallest absolute Gasteiger partial charge is 0.322 e. The van der Waals surface area contributed by atoms with Crippen molar-refractivity contribution < 1.29 is 9.90 Å². The molecule has 1 aliphatic heterocycles. The number of carboxylic acid groups (broad SMARTS) is 1. The third-order valence-corrected chi connectivity index (χ3v) is 3.49. The number of H-pyrrole nitrogens is 1. The molecule has 0 amide bonds. The van der Waals surface area contributed by atoms with Gasteiger partial charge >= 0.3 is 5.97 Å². The Bertz CT molecular complexity index is 562. The minimum atomic E-state index is -0.773. The summed E-state index contributed by atoms with van der Waals surface area (Å²) in [5.41, 5.74) is 2.06. The van der Waals surface area contributed by atoms with E-state index in [9.17, 15) is 9.90 Å². The summed E-state index contributed by atoms with van der Waals surface area (Å²) in [7, 11) is 0. The summed E-state index contributed by atoms with van der Waals surface area (Å²) in [4.78, 5) is 20.6. The molecule has 0 aliphatic carbocycles. The minimum absolute atomic E-state index is 0.460. The van der Waals surface area contributed by atoms with E-state index in [0.717, 1.165) is 29.7 Å². The monoisotopic (exact) mass is 260 g/mol. The van der Waals surface area contributed by atoms with Crippen LogP contribution in [0, 0.1) is 0 Å². The van der Waals surface area contributed by atoms with Crippen LogP contribution in [0.4, 0.5) is 0 Å². The van der Waals surface area contributed by atoms with Gasteiger partial charge in [0.1, 0.15) is 6.04 Å². The largest absolute Gasteiger partial charge is 0.480 e. The molecule has 1 aliphatic rings. The Morgan fingerprint density at radius 2 is 2.47 bits per heavy atom. The molecule has 0 spiro atoms. The van der Waals surface area contributed by atoms with Gasteiger partial charge in [-0.2, -0.15) is 0 Å². The molecule has 1 fully saturated rings. The molecule has 3 rings (SSSR count). The van der Waals surface area contributed by atoms with Crippen LogP contribution in [-0.4, -0.2) is 51.6 Å². The van der Waals surface area contributed by atoms with Crippen LogP contribution in [0.2, 0.25) is 0 Å². The topological polar surface area (TPSA) is 81.2 Å². The van der Waals surface area contributed by atoms with Crippen molar-refractivity contribution in [3.63, 3.8) is 0 Å². The summed E-state index contributed by atoms with van der Waals surface area (Å²) >= 11 is 0. The number of hydrogen-bond donors (Lipinski definition) is 3. The van der Waals surface area contributed by atoms with Crippen molar-refractivity contribution in [2.24, 2.45) is 0 Å². The quantitative estimate of drug-likeness (QED) is 0.745. The van der Waals surface area contributed by atoms with E-state index in [0.29, 0.717) is 13.1 Å². The molecule has 1 saturated heterocycles. The molecule has 2 aromatic heterocycles. The van der Waals surface area contributed by atoms with Gasteiger partial charge in [-0.1, -0.05) is 0 Å². The lowest BCUT2D eigenvalue weighted by molar-refractivity contribution is -0.144. The third kappa shape index (κ3) is 2.45. The highest BCUT2D eigenvalue weighted by Gasteiger charge is 2.28. The zero-order valence-corrected chi connectivity index (χ0v) is 10.5. The number of aromatic amines is 1. The number of carbonyl (C=O) groups is 1. The first-order valence-electron chi connectivity index (χ1n) is 6.33. The summed E-state index contributed by atoms with van der Waals surface area (Å²) in [6.07, 6.45) is 3.55. The van der Waals surface area contributed by atoms with Crippen LogP contribution in [0.15, 0.2) is 24.5 Å². The molecule has 1 atom stereocenters. The van der Waals surface area contributed by atoms with Crippen molar-refractivity contribution >= 4 is 16.9 Å². The van der Waals surface area contributed by atoms with Gasteiger partial charge in [-0.15, -0.1) is 0 Å². The second-order valence-electron chi connectivity index (χ2n) is 4.79. The summed E-state index contributed by atoms with van der Waals surface area (Å²) in [6, 6.07) is 3.49. The number of nitrogens with zero attached hydrogens (tertiary/aromatic N) is 2. The van der Waals surface area contributed by atoms with Crippen LogP contribution in [0.1, 0.15) is 5.69 Å². The fraction of sp³-hybridized carbons (Fsp3) is 0.385. The second-order valence-corrected chi connectivity index (χ2v) is 4.79. The van der Waals surface area contributed by atoms with Gasteiger partial charge in [-0.05, 0) is 12.1 Å². The van der Waals surface area contributed by atoms with Crippen molar-refractivity contribution in [1.29, 1.82) is 0 Å². The van der Waals surface area contributed by atoms with Crippen molar-refractivity contribution in [2.45, 2.75) is 12.6 Å². The number of pyridine rings is 1. The van der Waals surface area contributed by atoms with Gasteiger partial charge < -0.3 is 15.4 Å². The number of piperazine rings is 1. The van der Waals surface area contributed by atoms with Gasteiger partial charge in [0.25, 0.3) is 0 Å². The molecule has 2 aromatic rings. The number of fused-ring (bicyclic) bond motifs is 1. The molecule has 3 N–H and O–H groups in total. The Kier molecular flexibility index (Phi) is 3.18. The molecule has 0 bridgehead atoms. The highest BCUT2D eigenvalue weighted by Crippen LogP contribution is 2.16. The molecule has 0 saturated carbocycles. The molecule has 0 radical (unpaired) electrons. The van der Waals surface area contributed by atoms with Gasteiger partial charge in [-0.25, -0.2) is 0 Å². The number of aliphatic carboxylic acids is 1. The Morgan fingerprint density at radius 1 is 1.58 bits per heavy atom.